The van der Waals surface area contributed by atoms with Gasteiger partial charge in [0, 0.05) is 17.1 Å². The largest absolute Gasteiger partial charge is 0.489 e. The molecule has 0 aliphatic heterocycles. The van der Waals surface area contributed by atoms with Crippen molar-refractivity contribution in [2.24, 2.45) is 0 Å². The van der Waals surface area contributed by atoms with E-state index < -0.39 is 5.97 Å². The highest BCUT2D eigenvalue weighted by Crippen LogP contribution is 2.23. The summed E-state index contributed by atoms with van der Waals surface area (Å²) in [7, 11) is 0. The monoisotopic (exact) mass is 321 g/mol. The highest BCUT2D eigenvalue weighted by molar-refractivity contribution is 5.89. The molecule has 3 aromatic rings. The highest BCUT2D eigenvalue weighted by atomic mass is 16.5. The van der Waals surface area contributed by atoms with Crippen LogP contribution in [0.4, 0.5) is 0 Å². The molecule has 0 amide bonds. The van der Waals surface area contributed by atoms with E-state index in [9.17, 15) is 9.90 Å². The fraction of sp³-hybridized carbons (Fsp3) is 0.150. The Morgan fingerprint density at radius 1 is 1.04 bits per heavy atom. The van der Waals surface area contributed by atoms with E-state index in [1.807, 2.05) is 73.0 Å². The van der Waals surface area contributed by atoms with Gasteiger partial charge < -0.3 is 14.4 Å². The van der Waals surface area contributed by atoms with Crippen LogP contribution in [-0.2, 0) is 6.61 Å². The van der Waals surface area contributed by atoms with Gasteiger partial charge in [0.25, 0.3) is 0 Å². The summed E-state index contributed by atoms with van der Waals surface area (Å²) >= 11 is 0. The van der Waals surface area contributed by atoms with Crippen LogP contribution >= 0.6 is 0 Å². The van der Waals surface area contributed by atoms with Gasteiger partial charge in [0.05, 0.1) is 5.56 Å². The van der Waals surface area contributed by atoms with Crippen LogP contribution < -0.4 is 4.74 Å². The second-order valence-electron chi connectivity index (χ2n) is 5.69. The number of hydrogen-bond donors (Lipinski definition) is 1. The Kier molecular flexibility index (Phi) is 4.38. The second kappa shape index (κ2) is 6.62. The van der Waals surface area contributed by atoms with Crippen LogP contribution in [0.25, 0.3) is 5.69 Å². The number of ether oxygens (including phenoxy) is 1. The number of benzene rings is 2. The van der Waals surface area contributed by atoms with Gasteiger partial charge in [0.1, 0.15) is 12.4 Å². The van der Waals surface area contributed by atoms with Crippen molar-refractivity contribution in [3.05, 3.63) is 83.2 Å². The van der Waals surface area contributed by atoms with Crippen LogP contribution in [0.2, 0.25) is 0 Å². The molecule has 0 fully saturated rings. The summed E-state index contributed by atoms with van der Waals surface area (Å²) in [6, 6.07) is 19.4. The van der Waals surface area contributed by atoms with Gasteiger partial charge in [-0.15, -0.1) is 0 Å². The zero-order valence-corrected chi connectivity index (χ0v) is 13.7. The molecule has 1 aromatic heterocycles. The number of aromatic nitrogens is 1. The van der Waals surface area contributed by atoms with Crippen molar-refractivity contribution in [3.63, 3.8) is 0 Å². The summed E-state index contributed by atoms with van der Waals surface area (Å²) in [6.07, 6.45) is 0. The molecule has 0 radical (unpaired) electrons. The van der Waals surface area contributed by atoms with E-state index in [1.54, 1.807) is 6.07 Å². The predicted molar refractivity (Wildman–Crippen MR) is 93.0 cm³/mol. The lowest BCUT2D eigenvalue weighted by molar-refractivity contribution is 0.0696. The molecule has 0 saturated carbocycles. The molecule has 0 bridgehead atoms. The van der Waals surface area contributed by atoms with Crippen molar-refractivity contribution in [2.45, 2.75) is 20.5 Å². The lowest BCUT2D eigenvalue weighted by atomic mass is 10.2. The summed E-state index contributed by atoms with van der Waals surface area (Å²) in [5.74, 6) is -0.124. The Morgan fingerprint density at radius 2 is 1.71 bits per heavy atom. The minimum absolute atomic E-state index is 0.330. The first kappa shape index (κ1) is 15.9. The van der Waals surface area contributed by atoms with E-state index in [4.69, 9.17) is 4.74 Å². The number of carboxylic acids is 1. The molecule has 0 atom stereocenters. The van der Waals surface area contributed by atoms with Crippen molar-refractivity contribution < 1.29 is 14.6 Å². The van der Waals surface area contributed by atoms with Crippen LogP contribution in [0.15, 0.2) is 60.7 Å². The van der Waals surface area contributed by atoms with Crippen LogP contribution in [0.5, 0.6) is 5.75 Å². The van der Waals surface area contributed by atoms with Gasteiger partial charge in [-0.2, -0.15) is 0 Å². The lowest BCUT2D eigenvalue weighted by Gasteiger charge is -2.11. The van der Waals surface area contributed by atoms with Gasteiger partial charge in [0.2, 0.25) is 0 Å². The van der Waals surface area contributed by atoms with Crippen molar-refractivity contribution in [1.82, 2.24) is 4.57 Å². The van der Waals surface area contributed by atoms with Gasteiger partial charge in [-0.3, -0.25) is 0 Å². The third kappa shape index (κ3) is 3.18. The second-order valence-corrected chi connectivity index (χ2v) is 5.69. The number of carbonyl (C=O) groups is 1. The Balaban J connectivity index is 1.79. The maximum absolute atomic E-state index is 11.3. The molecule has 122 valence electrons. The fourth-order valence-corrected chi connectivity index (χ4v) is 2.81. The minimum atomic E-state index is -0.905. The van der Waals surface area contributed by atoms with Gasteiger partial charge in [-0.25, -0.2) is 4.79 Å². The number of nitrogens with zero attached hydrogens (tertiary/aromatic N) is 1. The zero-order valence-electron chi connectivity index (χ0n) is 13.7. The molecule has 0 spiro atoms. The molecule has 4 nitrogen and oxygen atoms in total. The normalized spacial score (nSPS) is 10.6. The average molecular weight is 321 g/mol. The van der Waals surface area contributed by atoms with Crippen molar-refractivity contribution in [1.29, 1.82) is 0 Å². The number of carboxylic acid groups (broad SMARTS) is 1. The molecule has 0 aliphatic rings. The first-order chi connectivity index (χ1) is 11.6. The quantitative estimate of drug-likeness (QED) is 0.759. The molecule has 24 heavy (non-hydrogen) atoms. The molecule has 1 N–H and O–H groups in total. The highest BCUT2D eigenvalue weighted by Gasteiger charge is 2.15. The van der Waals surface area contributed by atoms with Crippen molar-refractivity contribution >= 4 is 5.97 Å². The van der Waals surface area contributed by atoms with Crippen LogP contribution in [0, 0.1) is 13.8 Å². The van der Waals surface area contributed by atoms with Crippen LogP contribution in [-0.4, -0.2) is 15.6 Å². The van der Waals surface area contributed by atoms with E-state index in [1.165, 1.54) is 0 Å². The van der Waals surface area contributed by atoms with Gasteiger partial charge in [-0.1, -0.05) is 30.3 Å². The van der Waals surface area contributed by atoms with Crippen molar-refractivity contribution in [2.75, 3.05) is 0 Å². The third-order valence-corrected chi connectivity index (χ3v) is 4.00. The summed E-state index contributed by atoms with van der Waals surface area (Å²) < 4.78 is 7.72. The fourth-order valence-electron chi connectivity index (χ4n) is 2.81. The van der Waals surface area contributed by atoms with Crippen LogP contribution in [0.3, 0.4) is 0 Å². The Bertz CT molecular complexity index is 849. The number of aryl methyl sites for hydroxylation is 1. The molecule has 0 aliphatic carbocycles. The summed E-state index contributed by atoms with van der Waals surface area (Å²) in [6.45, 7) is 4.24. The Hall–Kier alpha value is -3.01. The number of hydrogen-bond acceptors (Lipinski definition) is 2. The zero-order chi connectivity index (χ0) is 17.1. The van der Waals surface area contributed by atoms with E-state index in [-0.39, 0.29) is 0 Å². The molecular weight excluding hydrogens is 302 g/mol. The molecular formula is C20H19NO3. The van der Waals surface area contributed by atoms with Gasteiger partial charge >= 0.3 is 5.97 Å². The summed E-state index contributed by atoms with van der Waals surface area (Å²) in [5.41, 5.74) is 3.98. The summed E-state index contributed by atoms with van der Waals surface area (Å²) in [4.78, 5) is 11.3. The van der Waals surface area contributed by atoms with E-state index in [2.05, 4.69) is 0 Å². The smallest absolute Gasteiger partial charge is 0.337 e. The molecule has 0 saturated heterocycles. The maximum Gasteiger partial charge on any atom is 0.337 e. The van der Waals surface area contributed by atoms with Crippen molar-refractivity contribution in [3.8, 4) is 11.4 Å². The van der Waals surface area contributed by atoms with Crippen LogP contribution in [0.1, 0.15) is 27.3 Å². The molecule has 4 heteroatoms. The maximum atomic E-state index is 11.3. The lowest BCUT2D eigenvalue weighted by Crippen LogP contribution is -2.02. The third-order valence-electron chi connectivity index (χ3n) is 4.00. The number of aromatic carboxylic acids is 1. The molecule has 2 aromatic carbocycles. The van der Waals surface area contributed by atoms with Gasteiger partial charge in [0.15, 0.2) is 0 Å². The standard InChI is InChI=1S/C20H19NO3/c1-14-12-19(20(22)23)15(2)21(14)17-8-10-18(11-9-17)24-13-16-6-4-3-5-7-16/h3-12H,13H2,1-2H3,(H,22,23). The molecule has 1 heterocycles. The van der Waals surface area contributed by atoms with E-state index in [0.717, 1.165) is 28.4 Å². The first-order valence-corrected chi connectivity index (χ1v) is 7.75. The van der Waals surface area contributed by atoms with E-state index >= 15 is 0 Å². The topological polar surface area (TPSA) is 51.5 Å². The minimum Gasteiger partial charge on any atom is -0.489 e. The Morgan fingerprint density at radius 3 is 2.29 bits per heavy atom. The molecule has 0 unspecified atom stereocenters. The first-order valence-electron chi connectivity index (χ1n) is 7.75. The Labute approximate surface area is 140 Å². The SMILES string of the molecule is Cc1cc(C(=O)O)c(C)n1-c1ccc(OCc2ccccc2)cc1. The predicted octanol–water partition coefficient (Wildman–Crippen LogP) is 4.37. The van der Waals surface area contributed by atoms with E-state index in [0.29, 0.717) is 12.2 Å². The summed E-state index contributed by atoms with van der Waals surface area (Å²) in [5, 5.41) is 9.24. The average Bonchev–Trinajstić information content (AvgIpc) is 2.89. The molecule has 3 rings (SSSR count). The van der Waals surface area contributed by atoms with Gasteiger partial charge in [-0.05, 0) is 49.7 Å². The number of rotatable bonds is 5.